The van der Waals surface area contributed by atoms with E-state index < -0.39 is 0 Å². The molecule has 0 unspecified atom stereocenters. The van der Waals surface area contributed by atoms with Crippen molar-refractivity contribution in [3.8, 4) is 0 Å². The predicted molar refractivity (Wildman–Crippen MR) is 81.0 cm³/mol. The predicted octanol–water partition coefficient (Wildman–Crippen LogP) is 2.34. The zero-order chi connectivity index (χ0) is 12.8. The Morgan fingerprint density at radius 1 is 1.42 bits per heavy atom. The first-order valence-corrected chi connectivity index (χ1v) is 6.51. The SMILES string of the molecule is Cl.O=C(Cc1cccc(Cl)c1)NCC1=CCNCC1. The molecular weight excluding hydrogens is 283 g/mol. The normalized spacial score (nSPS) is 14.3. The van der Waals surface area contributed by atoms with Crippen molar-refractivity contribution in [2.75, 3.05) is 19.6 Å². The molecule has 2 rings (SSSR count). The van der Waals surface area contributed by atoms with Gasteiger partial charge in [-0.25, -0.2) is 0 Å². The average Bonchev–Trinajstić information content (AvgIpc) is 2.38. The van der Waals surface area contributed by atoms with Gasteiger partial charge in [0, 0.05) is 18.1 Å². The molecule has 5 heteroatoms. The Bertz CT molecular complexity index is 461. The second-order valence-electron chi connectivity index (χ2n) is 4.40. The lowest BCUT2D eigenvalue weighted by Gasteiger charge is -2.14. The van der Waals surface area contributed by atoms with Gasteiger partial charge in [0.2, 0.25) is 5.91 Å². The first-order chi connectivity index (χ1) is 8.74. The van der Waals surface area contributed by atoms with Crippen molar-refractivity contribution < 1.29 is 4.79 Å². The van der Waals surface area contributed by atoms with E-state index in [-0.39, 0.29) is 18.3 Å². The summed E-state index contributed by atoms with van der Waals surface area (Å²) < 4.78 is 0. The Morgan fingerprint density at radius 2 is 2.26 bits per heavy atom. The van der Waals surface area contributed by atoms with E-state index in [1.807, 2.05) is 24.3 Å². The summed E-state index contributed by atoms with van der Waals surface area (Å²) in [5.74, 6) is 0.0386. The molecule has 3 nitrogen and oxygen atoms in total. The van der Waals surface area contributed by atoms with Gasteiger partial charge >= 0.3 is 0 Å². The molecule has 0 atom stereocenters. The monoisotopic (exact) mass is 300 g/mol. The highest BCUT2D eigenvalue weighted by atomic mass is 35.5. The van der Waals surface area contributed by atoms with Crippen molar-refractivity contribution in [2.45, 2.75) is 12.8 Å². The minimum absolute atomic E-state index is 0. The lowest BCUT2D eigenvalue weighted by atomic mass is 10.1. The molecule has 1 aromatic rings. The first kappa shape index (κ1) is 16.0. The van der Waals surface area contributed by atoms with Gasteiger partial charge in [-0.2, -0.15) is 0 Å². The Balaban J connectivity index is 0.00000180. The van der Waals surface area contributed by atoms with Crippen LogP contribution < -0.4 is 10.6 Å². The third-order valence-corrected chi connectivity index (χ3v) is 3.16. The molecule has 1 aromatic carbocycles. The highest BCUT2D eigenvalue weighted by Gasteiger charge is 2.06. The van der Waals surface area contributed by atoms with Crippen LogP contribution in [0, 0.1) is 0 Å². The molecule has 0 saturated heterocycles. The topological polar surface area (TPSA) is 41.1 Å². The molecule has 0 radical (unpaired) electrons. The van der Waals surface area contributed by atoms with E-state index in [4.69, 9.17) is 11.6 Å². The minimum Gasteiger partial charge on any atom is -0.352 e. The second-order valence-corrected chi connectivity index (χ2v) is 4.84. The van der Waals surface area contributed by atoms with Crippen LogP contribution in [0.2, 0.25) is 5.02 Å². The molecule has 0 spiro atoms. The van der Waals surface area contributed by atoms with Gasteiger partial charge in [0.15, 0.2) is 0 Å². The summed E-state index contributed by atoms with van der Waals surface area (Å²) in [5, 5.41) is 6.85. The van der Waals surface area contributed by atoms with Crippen LogP contribution in [0.3, 0.4) is 0 Å². The average molecular weight is 301 g/mol. The molecule has 2 N–H and O–H groups in total. The third-order valence-electron chi connectivity index (χ3n) is 2.92. The first-order valence-electron chi connectivity index (χ1n) is 6.14. The molecular formula is C14H18Cl2N2O. The highest BCUT2D eigenvalue weighted by molar-refractivity contribution is 6.30. The number of benzene rings is 1. The number of carbonyl (C=O) groups is 1. The second kappa shape index (κ2) is 8.20. The summed E-state index contributed by atoms with van der Waals surface area (Å²) in [5.41, 5.74) is 2.24. The van der Waals surface area contributed by atoms with Crippen LogP contribution >= 0.6 is 24.0 Å². The van der Waals surface area contributed by atoms with E-state index in [0.717, 1.165) is 25.1 Å². The summed E-state index contributed by atoms with van der Waals surface area (Å²) in [7, 11) is 0. The van der Waals surface area contributed by atoms with Crippen LogP contribution in [-0.2, 0) is 11.2 Å². The summed E-state index contributed by atoms with van der Waals surface area (Å²) in [6.07, 6.45) is 3.53. The van der Waals surface area contributed by atoms with E-state index >= 15 is 0 Å². The number of hydrogen-bond acceptors (Lipinski definition) is 2. The van der Waals surface area contributed by atoms with Crippen LogP contribution in [0.15, 0.2) is 35.9 Å². The molecule has 0 aliphatic carbocycles. The van der Waals surface area contributed by atoms with Crippen molar-refractivity contribution >= 4 is 29.9 Å². The van der Waals surface area contributed by atoms with Gasteiger partial charge in [-0.15, -0.1) is 12.4 Å². The third kappa shape index (κ3) is 5.64. The molecule has 1 heterocycles. The van der Waals surface area contributed by atoms with E-state index in [2.05, 4.69) is 16.7 Å². The molecule has 1 amide bonds. The Hall–Kier alpha value is -1.03. The van der Waals surface area contributed by atoms with Gasteiger partial charge < -0.3 is 10.6 Å². The smallest absolute Gasteiger partial charge is 0.224 e. The number of halogens is 2. The standard InChI is InChI=1S/C14H17ClN2O.ClH/c15-13-3-1-2-12(8-13)9-14(18)17-10-11-4-6-16-7-5-11;/h1-4,8,16H,5-7,9-10H2,(H,17,18);1H. The largest absolute Gasteiger partial charge is 0.352 e. The molecule has 0 aromatic heterocycles. The number of rotatable bonds is 4. The minimum atomic E-state index is 0. The van der Waals surface area contributed by atoms with Crippen molar-refractivity contribution in [3.63, 3.8) is 0 Å². The lowest BCUT2D eigenvalue weighted by Crippen LogP contribution is -2.30. The summed E-state index contributed by atoms with van der Waals surface area (Å²) in [4.78, 5) is 11.8. The molecule has 0 fully saturated rings. The van der Waals surface area contributed by atoms with Gasteiger partial charge in [-0.05, 0) is 30.7 Å². The van der Waals surface area contributed by atoms with Crippen LogP contribution in [0.5, 0.6) is 0 Å². The highest BCUT2D eigenvalue weighted by Crippen LogP contribution is 2.11. The van der Waals surface area contributed by atoms with Crippen molar-refractivity contribution in [3.05, 3.63) is 46.5 Å². The van der Waals surface area contributed by atoms with Crippen LogP contribution in [-0.4, -0.2) is 25.5 Å². The van der Waals surface area contributed by atoms with Gasteiger partial charge in [0.05, 0.1) is 6.42 Å². The van der Waals surface area contributed by atoms with Gasteiger partial charge in [-0.3, -0.25) is 4.79 Å². The van der Waals surface area contributed by atoms with Gasteiger partial charge in [0.1, 0.15) is 0 Å². The van der Waals surface area contributed by atoms with Gasteiger partial charge in [0.25, 0.3) is 0 Å². The van der Waals surface area contributed by atoms with Crippen molar-refractivity contribution in [2.24, 2.45) is 0 Å². The molecule has 0 bridgehead atoms. The van der Waals surface area contributed by atoms with Gasteiger partial charge in [-0.1, -0.05) is 35.4 Å². The summed E-state index contributed by atoms with van der Waals surface area (Å²) >= 11 is 5.88. The quantitative estimate of drug-likeness (QED) is 0.838. The number of nitrogens with one attached hydrogen (secondary N) is 2. The van der Waals surface area contributed by atoms with Crippen molar-refractivity contribution in [1.82, 2.24) is 10.6 Å². The fourth-order valence-corrected chi connectivity index (χ4v) is 2.15. The maximum atomic E-state index is 11.8. The fourth-order valence-electron chi connectivity index (χ4n) is 1.94. The number of amides is 1. The summed E-state index contributed by atoms with van der Waals surface area (Å²) in [6, 6.07) is 7.41. The Kier molecular flexibility index (Phi) is 6.92. The van der Waals surface area contributed by atoms with Crippen LogP contribution in [0.4, 0.5) is 0 Å². The zero-order valence-corrected chi connectivity index (χ0v) is 12.2. The van der Waals surface area contributed by atoms with Crippen LogP contribution in [0.1, 0.15) is 12.0 Å². The number of carbonyl (C=O) groups excluding carboxylic acids is 1. The molecule has 104 valence electrons. The molecule has 1 aliphatic rings. The van der Waals surface area contributed by atoms with Crippen LogP contribution in [0.25, 0.3) is 0 Å². The summed E-state index contributed by atoms with van der Waals surface area (Å²) in [6.45, 7) is 2.55. The molecule has 1 aliphatic heterocycles. The number of hydrogen-bond donors (Lipinski definition) is 2. The van der Waals surface area contributed by atoms with Crippen molar-refractivity contribution in [1.29, 1.82) is 0 Å². The Labute approximate surface area is 124 Å². The maximum absolute atomic E-state index is 11.8. The Morgan fingerprint density at radius 3 is 2.95 bits per heavy atom. The van der Waals surface area contributed by atoms with E-state index in [1.54, 1.807) is 0 Å². The zero-order valence-electron chi connectivity index (χ0n) is 10.6. The van der Waals surface area contributed by atoms with E-state index in [0.29, 0.717) is 18.0 Å². The van der Waals surface area contributed by atoms with E-state index in [9.17, 15) is 4.79 Å². The van der Waals surface area contributed by atoms with E-state index in [1.165, 1.54) is 5.57 Å². The fraction of sp³-hybridized carbons (Fsp3) is 0.357. The lowest BCUT2D eigenvalue weighted by molar-refractivity contribution is -0.120. The molecule has 0 saturated carbocycles. The molecule has 19 heavy (non-hydrogen) atoms. The maximum Gasteiger partial charge on any atom is 0.224 e.